The molecule has 7 nitrogen and oxygen atoms in total. The Kier molecular flexibility index (Phi) is 3.01. The summed E-state index contributed by atoms with van der Waals surface area (Å²) >= 11 is 1.29. The van der Waals surface area contributed by atoms with Gasteiger partial charge in [-0.2, -0.15) is 9.61 Å². The molecule has 0 amide bonds. The van der Waals surface area contributed by atoms with Gasteiger partial charge >= 0.3 is 0 Å². The van der Waals surface area contributed by atoms with E-state index in [0.717, 1.165) is 0 Å². The molecular weight excluding hydrogens is 286 g/mol. The van der Waals surface area contributed by atoms with Crippen LogP contribution in [0.15, 0.2) is 41.6 Å². The summed E-state index contributed by atoms with van der Waals surface area (Å²) in [6, 6.07) is 8.21. The van der Waals surface area contributed by atoms with Gasteiger partial charge in [-0.25, -0.2) is 13.1 Å². The van der Waals surface area contributed by atoms with E-state index < -0.39 is 10.0 Å². The van der Waals surface area contributed by atoms with Crippen molar-refractivity contribution in [1.29, 1.82) is 0 Å². The van der Waals surface area contributed by atoms with E-state index in [0.29, 0.717) is 9.97 Å². The van der Waals surface area contributed by atoms with Gasteiger partial charge in [-0.15, -0.1) is 10.2 Å². The smallest absolute Gasteiger partial charge is 0.207 e. The molecule has 0 bridgehead atoms. The number of nitrogens with one attached hydrogen (secondary N) is 1. The molecule has 0 unspecified atom stereocenters. The first-order chi connectivity index (χ1) is 9.15. The Balaban J connectivity index is 1.77. The first-order valence-electron chi connectivity index (χ1n) is 5.35. The van der Waals surface area contributed by atoms with Gasteiger partial charge in [0.05, 0.1) is 11.4 Å². The number of rotatable bonds is 4. The van der Waals surface area contributed by atoms with E-state index in [4.69, 9.17) is 0 Å². The molecule has 0 atom stereocenters. The number of benzene rings is 1. The molecule has 0 aliphatic carbocycles. The zero-order valence-electron chi connectivity index (χ0n) is 9.59. The highest BCUT2D eigenvalue weighted by Crippen LogP contribution is 2.13. The second kappa shape index (κ2) is 4.68. The highest BCUT2D eigenvalue weighted by atomic mass is 32.2. The number of nitrogens with zero attached hydrogens (tertiary/aromatic N) is 4. The van der Waals surface area contributed by atoms with Crippen molar-refractivity contribution in [2.75, 3.05) is 0 Å². The number of aromatic nitrogens is 4. The third-order valence-corrected chi connectivity index (χ3v) is 4.73. The molecule has 2 aromatic heterocycles. The monoisotopic (exact) mass is 295 g/mol. The molecule has 1 aromatic carbocycles. The van der Waals surface area contributed by atoms with Gasteiger partial charge in [0.2, 0.25) is 15.0 Å². The van der Waals surface area contributed by atoms with Crippen molar-refractivity contribution >= 4 is 26.3 Å². The van der Waals surface area contributed by atoms with Crippen molar-refractivity contribution in [3.05, 3.63) is 41.7 Å². The van der Waals surface area contributed by atoms with Gasteiger partial charge in [0.15, 0.2) is 0 Å². The van der Waals surface area contributed by atoms with Gasteiger partial charge in [-0.05, 0) is 12.1 Å². The highest BCUT2D eigenvalue weighted by molar-refractivity contribution is 7.89. The molecule has 9 heteroatoms. The van der Waals surface area contributed by atoms with Crippen molar-refractivity contribution < 1.29 is 8.42 Å². The fourth-order valence-electron chi connectivity index (χ4n) is 1.51. The van der Waals surface area contributed by atoms with E-state index in [1.165, 1.54) is 22.2 Å². The van der Waals surface area contributed by atoms with Crippen LogP contribution in [-0.2, 0) is 16.6 Å². The zero-order valence-corrected chi connectivity index (χ0v) is 11.2. The van der Waals surface area contributed by atoms with Gasteiger partial charge in [-0.3, -0.25) is 0 Å². The molecule has 98 valence electrons. The van der Waals surface area contributed by atoms with Crippen molar-refractivity contribution in [1.82, 2.24) is 24.5 Å². The second-order valence-corrected chi connectivity index (χ2v) is 6.50. The van der Waals surface area contributed by atoms with Gasteiger partial charge in [0, 0.05) is 0 Å². The maximum absolute atomic E-state index is 12.0. The van der Waals surface area contributed by atoms with Crippen LogP contribution in [0.1, 0.15) is 5.01 Å². The fourth-order valence-corrected chi connectivity index (χ4v) is 3.37. The third-order valence-electron chi connectivity index (χ3n) is 2.40. The van der Waals surface area contributed by atoms with Crippen LogP contribution >= 0.6 is 11.3 Å². The Hall–Kier alpha value is -1.84. The van der Waals surface area contributed by atoms with Crippen LogP contribution in [-0.4, -0.2) is 28.2 Å². The normalized spacial score (nSPS) is 12.0. The highest BCUT2D eigenvalue weighted by Gasteiger charge is 2.14. The van der Waals surface area contributed by atoms with E-state index in [1.807, 2.05) is 0 Å². The van der Waals surface area contributed by atoms with Gasteiger partial charge in [-0.1, -0.05) is 29.5 Å². The lowest BCUT2D eigenvalue weighted by Crippen LogP contribution is -2.23. The van der Waals surface area contributed by atoms with Crippen LogP contribution in [0.25, 0.3) is 4.96 Å². The second-order valence-electron chi connectivity index (χ2n) is 3.69. The summed E-state index contributed by atoms with van der Waals surface area (Å²) in [5, 5.41) is 12.3. The maximum atomic E-state index is 12.0. The SMILES string of the molecule is O=S(=O)(NCc1nn2cnnc2s1)c1ccccc1. The van der Waals surface area contributed by atoms with E-state index in [1.54, 1.807) is 30.3 Å². The number of hydrogen-bond donors (Lipinski definition) is 1. The summed E-state index contributed by atoms with van der Waals surface area (Å²) in [5.41, 5.74) is 0. The van der Waals surface area contributed by atoms with Gasteiger partial charge in [0.1, 0.15) is 11.3 Å². The molecule has 0 spiro atoms. The largest absolute Gasteiger partial charge is 0.240 e. The van der Waals surface area contributed by atoms with Crippen molar-refractivity contribution in [3.8, 4) is 0 Å². The van der Waals surface area contributed by atoms with Crippen LogP contribution in [0.3, 0.4) is 0 Å². The molecule has 0 radical (unpaired) electrons. The first kappa shape index (κ1) is 12.2. The summed E-state index contributed by atoms with van der Waals surface area (Å²) in [7, 11) is -3.51. The van der Waals surface area contributed by atoms with Crippen molar-refractivity contribution in [2.24, 2.45) is 0 Å². The average molecular weight is 295 g/mol. The van der Waals surface area contributed by atoms with E-state index in [2.05, 4.69) is 20.0 Å². The molecule has 0 fully saturated rings. The topological polar surface area (TPSA) is 89.2 Å². The molecule has 0 aliphatic heterocycles. The lowest BCUT2D eigenvalue weighted by atomic mass is 10.4. The van der Waals surface area contributed by atoms with Crippen LogP contribution in [0.4, 0.5) is 0 Å². The van der Waals surface area contributed by atoms with Crippen LogP contribution in [0.5, 0.6) is 0 Å². The minimum atomic E-state index is -3.51. The predicted molar refractivity (Wildman–Crippen MR) is 69.1 cm³/mol. The molecule has 19 heavy (non-hydrogen) atoms. The minimum Gasteiger partial charge on any atom is -0.207 e. The molecule has 1 N–H and O–H groups in total. The third kappa shape index (κ3) is 2.48. The first-order valence-corrected chi connectivity index (χ1v) is 7.65. The zero-order chi connectivity index (χ0) is 13.3. The molecule has 3 aromatic rings. The summed E-state index contributed by atoms with van der Waals surface area (Å²) < 4.78 is 28.0. The Morgan fingerprint density at radius 1 is 1.26 bits per heavy atom. The summed E-state index contributed by atoms with van der Waals surface area (Å²) in [5.74, 6) is 0. The van der Waals surface area contributed by atoms with Crippen molar-refractivity contribution in [2.45, 2.75) is 11.4 Å². The predicted octanol–water partition coefficient (Wildman–Crippen LogP) is 0.664. The molecule has 0 saturated carbocycles. The number of sulfonamides is 1. The van der Waals surface area contributed by atoms with E-state index in [-0.39, 0.29) is 11.4 Å². The van der Waals surface area contributed by atoms with Crippen LogP contribution < -0.4 is 4.72 Å². The Morgan fingerprint density at radius 2 is 2.05 bits per heavy atom. The molecule has 3 rings (SSSR count). The fraction of sp³-hybridized carbons (Fsp3) is 0.100. The van der Waals surface area contributed by atoms with Gasteiger partial charge < -0.3 is 0 Å². The van der Waals surface area contributed by atoms with Crippen LogP contribution in [0.2, 0.25) is 0 Å². The van der Waals surface area contributed by atoms with E-state index >= 15 is 0 Å². The maximum Gasteiger partial charge on any atom is 0.240 e. The summed E-state index contributed by atoms with van der Waals surface area (Å²) in [6.45, 7) is 0.130. The van der Waals surface area contributed by atoms with Crippen molar-refractivity contribution in [3.63, 3.8) is 0 Å². The lowest BCUT2D eigenvalue weighted by molar-refractivity contribution is 0.580. The number of fused-ring (bicyclic) bond motifs is 1. The molecule has 2 heterocycles. The molecular formula is C10H9N5O2S2. The number of hydrogen-bond acceptors (Lipinski definition) is 6. The summed E-state index contributed by atoms with van der Waals surface area (Å²) in [6.07, 6.45) is 1.47. The molecule has 0 aliphatic rings. The Labute approximate surface area is 113 Å². The average Bonchev–Trinajstić information content (AvgIpc) is 2.98. The van der Waals surface area contributed by atoms with Crippen LogP contribution in [0, 0.1) is 0 Å². The Morgan fingerprint density at radius 3 is 2.79 bits per heavy atom. The lowest BCUT2D eigenvalue weighted by Gasteiger charge is -2.04. The van der Waals surface area contributed by atoms with Gasteiger partial charge in [0.25, 0.3) is 0 Å². The minimum absolute atomic E-state index is 0.130. The molecule has 0 saturated heterocycles. The Bertz CT molecular complexity index is 765. The summed E-state index contributed by atoms with van der Waals surface area (Å²) in [4.78, 5) is 0.868. The quantitative estimate of drug-likeness (QED) is 0.764. The van der Waals surface area contributed by atoms with E-state index in [9.17, 15) is 8.42 Å². The standard InChI is InChI=1S/C10H9N5O2S2/c16-19(17,8-4-2-1-3-5-8)12-6-9-14-15-7-11-13-10(15)18-9/h1-5,7,12H,6H2.